The Hall–Kier alpha value is -4.86. The zero-order chi connectivity index (χ0) is 28.6. The molecule has 1 aromatic heterocycles. The fourth-order valence-corrected chi connectivity index (χ4v) is 4.10. The normalized spacial score (nSPS) is 10.8. The molecule has 4 rings (SSSR count). The van der Waals surface area contributed by atoms with Gasteiger partial charge < -0.3 is 25.0 Å². The first-order valence-electron chi connectivity index (χ1n) is 12.8. The molecule has 0 fully saturated rings. The number of hydrogen-bond acceptors (Lipinski definition) is 5. The maximum atomic E-state index is 13.6. The molecule has 4 aromatic rings. The van der Waals surface area contributed by atoms with Gasteiger partial charge in [0.15, 0.2) is 0 Å². The minimum Gasteiger partial charge on any atom is -0.497 e. The lowest BCUT2D eigenvalue weighted by Crippen LogP contribution is -2.42. The van der Waals surface area contributed by atoms with Crippen molar-refractivity contribution < 1.29 is 23.5 Å². The molecule has 1 heterocycles. The summed E-state index contributed by atoms with van der Waals surface area (Å²) in [6, 6.07) is 21.6. The second-order valence-electron chi connectivity index (χ2n) is 9.52. The molecule has 0 bridgehead atoms. The number of nitrogens with zero attached hydrogens (tertiary/aromatic N) is 3. The summed E-state index contributed by atoms with van der Waals surface area (Å²) in [6.07, 6.45) is 0. The summed E-state index contributed by atoms with van der Waals surface area (Å²) in [5, 5.41) is 10.4. The summed E-state index contributed by atoms with van der Waals surface area (Å²) in [7, 11) is 3.05. The van der Waals surface area contributed by atoms with Crippen LogP contribution in [0.3, 0.4) is 0 Å². The smallest absolute Gasteiger partial charge is 0.322 e. The van der Waals surface area contributed by atoms with Crippen molar-refractivity contribution in [2.24, 2.45) is 5.92 Å². The van der Waals surface area contributed by atoms with Crippen LogP contribution in [0.5, 0.6) is 11.5 Å². The molecule has 9 nitrogen and oxygen atoms in total. The van der Waals surface area contributed by atoms with Gasteiger partial charge in [0, 0.05) is 42.1 Å². The van der Waals surface area contributed by atoms with Gasteiger partial charge in [-0.05, 0) is 30.2 Å². The van der Waals surface area contributed by atoms with Gasteiger partial charge in [0.2, 0.25) is 5.91 Å². The third-order valence-corrected chi connectivity index (χ3v) is 5.93. The van der Waals surface area contributed by atoms with E-state index in [1.807, 2.05) is 44.2 Å². The van der Waals surface area contributed by atoms with Crippen molar-refractivity contribution in [3.63, 3.8) is 0 Å². The van der Waals surface area contributed by atoms with Gasteiger partial charge in [0.05, 0.1) is 25.6 Å². The number of hydrogen-bond donors (Lipinski definition) is 2. The lowest BCUT2D eigenvalue weighted by Gasteiger charge is -2.24. The van der Waals surface area contributed by atoms with E-state index in [1.54, 1.807) is 36.4 Å². The van der Waals surface area contributed by atoms with E-state index in [-0.39, 0.29) is 18.3 Å². The van der Waals surface area contributed by atoms with Crippen LogP contribution in [-0.4, -0.2) is 53.9 Å². The molecule has 0 aliphatic rings. The van der Waals surface area contributed by atoms with E-state index in [0.29, 0.717) is 40.9 Å². The van der Waals surface area contributed by atoms with Crippen LogP contribution >= 0.6 is 0 Å². The Bertz CT molecular complexity index is 1430. The molecule has 3 aromatic carbocycles. The Labute approximate surface area is 232 Å². The molecule has 0 radical (unpaired) electrons. The van der Waals surface area contributed by atoms with Crippen LogP contribution in [0.15, 0.2) is 78.9 Å². The number of amides is 3. The summed E-state index contributed by atoms with van der Waals surface area (Å²) in [4.78, 5) is 27.9. The van der Waals surface area contributed by atoms with E-state index in [4.69, 9.17) is 9.47 Å². The highest BCUT2D eigenvalue weighted by atomic mass is 19.1. The molecule has 40 heavy (non-hydrogen) atoms. The lowest BCUT2D eigenvalue weighted by atomic mass is 10.1. The van der Waals surface area contributed by atoms with Crippen LogP contribution < -0.4 is 20.1 Å². The van der Waals surface area contributed by atoms with Crippen LogP contribution in [0.1, 0.15) is 13.8 Å². The Kier molecular flexibility index (Phi) is 9.00. The highest BCUT2D eigenvalue weighted by Crippen LogP contribution is 2.27. The zero-order valence-electron chi connectivity index (χ0n) is 22.8. The van der Waals surface area contributed by atoms with E-state index in [0.717, 1.165) is 5.56 Å². The Morgan fingerprint density at radius 3 is 2.17 bits per heavy atom. The number of aromatic nitrogens is 2. The number of rotatable bonds is 10. The van der Waals surface area contributed by atoms with E-state index < -0.39 is 11.9 Å². The average molecular weight is 546 g/mol. The van der Waals surface area contributed by atoms with Gasteiger partial charge >= 0.3 is 6.03 Å². The monoisotopic (exact) mass is 545 g/mol. The van der Waals surface area contributed by atoms with Crippen LogP contribution in [0.25, 0.3) is 16.9 Å². The largest absolute Gasteiger partial charge is 0.497 e. The molecule has 0 saturated heterocycles. The van der Waals surface area contributed by atoms with E-state index in [9.17, 15) is 14.0 Å². The number of benzene rings is 3. The van der Waals surface area contributed by atoms with Crippen molar-refractivity contribution in [2.45, 2.75) is 13.8 Å². The van der Waals surface area contributed by atoms with Crippen molar-refractivity contribution in [1.82, 2.24) is 14.7 Å². The SMILES string of the molecule is COc1cc(NC(=O)N(CC(=O)Nc2cc(-c3ccccc3)nn2-c2ccc(F)cc2)CC(C)C)cc(OC)c1. The van der Waals surface area contributed by atoms with E-state index in [2.05, 4.69) is 15.7 Å². The highest BCUT2D eigenvalue weighted by Gasteiger charge is 2.21. The van der Waals surface area contributed by atoms with Gasteiger partial charge in [-0.15, -0.1) is 0 Å². The van der Waals surface area contributed by atoms with Crippen molar-refractivity contribution >= 4 is 23.4 Å². The Morgan fingerprint density at radius 1 is 0.925 bits per heavy atom. The third-order valence-electron chi connectivity index (χ3n) is 5.93. The van der Waals surface area contributed by atoms with Crippen molar-refractivity contribution in [3.05, 3.63) is 84.7 Å². The lowest BCUT2D eigenvalue weighted by molar-refractivity contribution is -0.116. The number of halogens is 1. The highest BCUT2D eigenvalue weighted by molar-refractivity contribution is 5.97. The van der Waals surface area contributed by atoms with Gasteiger partial charge in [0.1, 0.15) is 29.7 Å². The number of anilines is 2. The van der Waals surface area contributed by atoms with Crippen molar-refractivity contribution in [1.29, 1.82) is 0 Å². The Balaban J connectivity index is 1.56. The summed E-state index contributed by atoms with van der Waals surface area (Å²) >= 11 is 0. The molecule has 0 aliphatic heterocycles. The molecule has 3 amide bonds. The molecule has 0 atom stereocenters. The minimum absolute atomic E-state index is 0.104. The van der Waals surface area contributed by atoms with Gasteiger partial charge in [-0.2, -0.15) is 5.10 Å². The predicted molar refractivity (Wildman–Crippen MR) is 153 cm³/mol. The fourth-order valence-electron chi connectivity index (χ4n) is 4.10. The van der Waals surface area contributed by atoms with Crippen LogP contribution in [0, 0.1) is 11.7 Å². The number of nitrogens with one attached hydrogen (secondary N) is 2. The van der Waals surface area contributed by atoms with Gasteiger partial charge in [-0.25, -0.2) is 13.9 Å². The van der Waals surface area contributed by atoms with Gasteiger partial charge in [0.25, 0.3) is 0 Å². The number of carbonyl (C=O) groups is 2. The number of methoxy groups -OCH3 is 2. The molecular formula is C30H32FN5O4. The number of ether oxygens (including phenoxy) is 2. The zero-order valence-corrected chi connectivity index (χ0v) is 22.8. The third kappa shape index (κ3) is 7.16. The van der Waals surface area contributed by atoms with Crippen molar-refractivity contribution in [3.8, 4) is 28.4 Å². The van der Waals surface area contributed by atoms with Crippen LogP contribution in [-0.2, 0) is 4.79 Å². The summed E-state index contributed by atoms with van der Waals surface area (Å²) in [6.45, 7) is 4.05. The predicted octanol–water partition coefficient (Wildman–Crippen LogP) is 5.82. The average Bonchev–Trinajstić information content (AvgIpc) is 3.36. The quantitative estimate of drug-likeness (QED) is 0.262. The molecule has 10 heteroatoms. The van der Waals surface area contributed by atoms with E-state index >= 15 is 0 Å². The minimum atomic E-state index is -0.448. The maximum absolute atomic E-state index is 13.6. The maximum Gasteiger partial charge on any atom is 0.322 e. The second kappa shape index (κ2) is 12.8. The summed E-state index contributed by atoms with van der Waals surface area (Å²) in [5.41, 5.74) is 2.53. The fraction of sp³-hybridized carbons (Fsp3) is 0.233. The second-order valence-corrected chi connectivity index (χ2v) is 9.52. The first-order valence-corrected chi connectivity index (χ1v) is 12.8. The molecule has 0 spiro atoms. The molecule has 0 saturated carbocycles. The standard InChI is InChI=1S/C30H32FN5O4/c1-20(2)18-35(30(38)32-23-14-25(39-3)16-26(15-23)40-4)19-29(37)33-28-17-27(21-8-6-5-7-9-21)34-36(28)24-12-10-22(31)11-13-24/h5-17,20H,18-19H2,1-4H3,(H,32,38)(H,33,37). The van der Waals surface area contributed by atoms with Gasteiger partial charge in [-0.3, -0.25) is 4.79 Å². The molecule has 2 N–H and O–H groups in total. The topological polar surface area (TPSA) is 97.7 Å². The van der Waals surface area contributed by atoms with Crippen LogP contribution in [0.4, 0.5) is 20.7 Å². The number of urea groups is 1. The van der Waals surface area contributed by atoms with Crippen LogP contribution in [0.2, 0.25) is 0 Å². The van der Waals surface area contributed by atoms with Crippen molar-refractivity contribution in [2.75, 3.05) is 37.9 Å². The molecule has 208 valence electrons. The summed E-state index contributed by atoms with van der Waals surface area (Å²) < 4.78 is 25.7. The summed E-state index contributed by atoms with van der Waals surface area (Å²) in [5.74, 6) is 0.735. The molecule has 0 unspecified atom stereocenters. The Morgan fingerprint density at radius 2 is 1.57 bits per heavy atom. The van der Waals surface area contributed by atoms with E-state index in [1.165, 1.54) is 35.9 Å². The van der Waals surface area contributed by atoms with Gasteiger partial charge in [-0.1, -0.05) is 44.2 Å². The first kappa shape index (κ1) is 28.2. The number of carbonyl (C=O) groups excluding carboxylic acids is 2. The molecular weight excluding hydrogens is 513 g/mol. The molecule has 0 aliphatic carbocycles. The first-order chi connectivity index (χ1) is 19.2.